The Labute approximate surface area is 111 Å². The van der Waals surface area contributed by atoms with Crippen LogP contribution in [-0.2, 0) is 0 Å². The highest BCUT2D eigenvalue weighted by Gasteiger charge is 2.07. The average Bonchev–Trinajstić information content (AvgIpc) is 2.41. The van der Waals surface area contributed by atoms with E-state index in [0.717, 1.165) is 17.3 Å². The van der Waals surface area contributed by atoms with Crippen molar-refractivity contribution in [3.05, 3.63) is 53.3 Å². The zero-order chi connectivity index (χ0) is 13.8. The largest absolute Gasteiger partial charge is 0.456 e. The van der Waals surface area contributed by atoms with Crippen LogP contribution in [0.1, 0.15) is 11.1 Å². The Morgan fingerprint density at radius 3 is 2.63 bits per heavy atom. The fourth-order valence-electron chi connectivity index (χ4n) is 1.79. The normalized spacial score (nSPS) is 9.79. The lowest BCUT2D eigenvalue weighted by Crippen LogP contribution is -1.93. The SMILES string of the molecule is CNc1ccc(Oc2ccc(F)cc2C#N)cc1C. The van der Waals surface area contributed by atoms with Gasteiger partial charge in [0, 0.05) is 12.7 Å². The first-order chi connectivity index (χ1) is 9.13. The van der Waals surface area contributed by atoms with E-state index in [0.29, 0.717) is 11.5 Å². The van der Waals surface area contributed by atoms with Crippen LogP contribution in [0.2, 0.25) is 0 Å². The summed E-state index contributed by atoms with van der Waals surface area (Å²) in [6.07, 6.45) is 0. The topological polar surface area (TPSA) is 45.0 Å². The summed E-state index contributed by atoms with van der Waals surface area (Å²) in [7, 11) is 1.84. The van der Waals surface area contributed by atoms with Crippen LogP contribution in [-0.4, -0.2) is 7.05 Å². The molecule has 0 aliphatic rings. The number of nitrogens with one attached hydrogen (secondary N) is 1. The second-order valence-electron chi connectivity index (χ2n) is 4.08. The summed E-state index contributed by atoms with van der Waals surface area (Å²) in [4.78, 5) is 0. The molecule has 0 aliphatic heterocycles. The molecule has 0 aliphatic carbocycles. The van der Waals surface area contributed by atoms with E-state index in [1.165, 1.54) is 12.1 Å². The number of halogens is 1. The fourth-order valence-corrected chi connectivity index (χ4v) is 1.79. The zero-order valence-corrected chi connectivity index (χ0v) is 10.7. The molecule has 96 valence electrons. The van der Waals surface area contributed by atoms with Crippen molar-refractivity contribution < 1.29 is 9.13 Å². The number of hydrogen-bond acceptors (Lipinski definition) is 3. The highest BCUT2D eigenvalue weighted by molar-refractivity contribution is 5.54. The smallest absolute Gasteiger partial charge is 0.145 e. The van der Waals surface area contributed by atoms with Crippen LogP contribution in [0.15, 0.2) is 36.4 Å². The number of anilines is 1. The Bertz CT molecular complexity index is 647. The van der Waals surface area contributed by atoms with Gasteiger partial charge < -0.3 is 10.1 Å². The van der Waals surface area contributed by atoms with Gasteiger partial charge in [-0.25, -0.2) is 4.39 Å². The summed E-state index contributed by atoms with van der Waals surface area (Å²) < 4.78 is 18.6. The van der Waals surface area contributed by atoms with Gasteiger partial charge in [0.25, 0.3) is 0 Å². The molecule has 0 saturated heterocycles. The van der Waals surface area contributed by atoms with Crippen molar-refractivity contribution in [2.24, 2.45) is 0 Å². The number of nitriles is 1. The molecule has 2 aromatic carbocycles. The Morgan fingerprint density at radius 1 is 1.21 bits per heavy atom. The van der Waals surface area contributed by atoms with Crippen LogP contribution in [0, 0.1) is 24.1 Å². The minimum atomic E-state index is -0.453. The number of ether oxygens (including phenoxy) is 1. The van der Waals surface area contributed by atoms with Crippen molar-refractivity contribution in [3.8, 4) is 17.6 Å². The fraction of sp³-hybridized carbons (Fsp3) is 0.133. The van der Waals surface area contributed by atoms with E-state index < -0.39 is 5.82 Å². The van der Waals surface area contributed by atoms with Gasteiger partial charge in [-0.05, 0) is 48.9 Å². The molecule has 0 amide bonds. The van der Waals surface area contributed by atoms with Crippen molar-refractivity contribution >= 4 is 5.69 Å². The maximum Gasteiger partial charge on any atom is 0.145 e. The van der Waals surface area contributed by atoms with Crippen molar-refractivity contribution in [1.82, 2.24) is 0 Å². The molecule has 0 spiro atoms. The number of rotatable bonds is 3. The Morgan fingerprint density at radius 2 is 2.00 bits per heavy atom. The third-order valence-electron chi connectivity index (χ3n) is 2.76. The van der Waals surface area contributed by atoms with Gasteiger partial charge in [-0.15, -0.1) is 0 Å². The molecule has 19 heavy (non-hydrogen) atoms. The maximum atomic E-state index is 13.0. The first-order valence-corrected chi connectivity index (χ1v) is 5.80. The molecule has 0 fully saturated rings. The van der Waals surface area contributed by atoms with E-state index in [9.17, 15) is 4.39 Å². The molecule has 2 aromatic rings. The Kier molecular flexibility index (Phi) is 3.67. The second-order valence-corrected chi connectivity index (χ2v) is 4.08. The van der Waals surface area contributed by atoms with Crippen LogP contribution in [0.4, 0.5) is 10.1 Å². The number of aryl methyl sites for hydroxylation is 1. The van der Waals surface area contributed by atoms with Gasteiger partial charge in [-0.1, -0.05) is 0 Å². The van der Waals surface area contributed by atoms with Crippen LogP contribution in [0.3, 0.4) is 0 Å². The van der Waals surface area contributed by atoms with Crippen molar-refractivity contribution in [1.29, 1.82) is 5.26 Å². The molecular weight excluding hydrogens is 243 g/mol. The number of benzene rings is 2. The monoisotopic (exact) mass is 256 g/mol. The van der Waals surface area contributed by atoms with Gasteiger partial charge in [-0.3, -0.25) is 0 Å². The highest BCUT2D eigenvalue weighted by atomic mass is 19.1. The van der Waals surface area contributed by atoms with E-state index in [1.54, 1.807) is 6.07 Å². The molecule has 2 rings (SSSR count). The summed E-state index contributed by atoms with van der Waals surface area (Å²) in [6, 6.07) is 11.3. The highest BCUT2D eigenvalue weighted by Crippen LogP contribution is 2.28. The van der Waals surface area contributed by atoms with Crippen LogP contribution < -0.4 is 10.1 Å². The Hall–Kier alpha value is -2.54. The molecule has 0 heterocycles. The van der Waals surface area contributed by atoms with Gasteiger partial charge >= 0.3 is 0 Å². The second kappa shape index (κ2) is 5.40. The minimum absolute atomic E-state index is 0.176. The van der Waals surface area contributed by atoms with Gasteiger partial charge in [0.2, 0.25) is 0 Å². The molecular formula is C15H13FN2O. The third kappa shape index (κ3) is 2.83. The summed E-state index contributed by atoms with van der Waals surface area (Å²) in [5.41, 5.74) is 2.21. The average molecular weight is 256 g/mol. The molecule has 0 unspecified atom stereocenters. The van der Waals surface area contributed by atoms with E-state index in [4.69, 9.17) is 10.00 Å². The van der Waals surface area contributed by atoms with Crippen LogP contribution in [0.5, 0.6) is 11.5 Å². The van der Waals surface area contributed by atoms with E-state index in [1.807, 2.05) is 32.2 Å². The molecule has 0 aromatic heterocycles. The first kappa shape index (κ1) is 12.9. The van der Waals surface area contributed by atoms with Gasteiger partial charge in [-0.2, -0.15) is 5.26 Å². The Balaban J connectivity index is 2.31. The van der Waals surface area contributed by atoms with E-state index >= 15 is 0 Å². The number of hydrogen-bond donors (Lipinski definition) is 1. The molecule has 0 atom stereocenters. The molecule has 3 nitrogen and oxygen atoms in total. The summed E-state index contributed by atoms with van der Waals surface area (Å²) in [6.45, 7) is 1.95. The van der Waals surface area contributed by atoms with Gasteiger partial charge in [0.15, 0.2) is 0 Å². The first-order valence-electron chi connectivity index (χ1n) is 5.80. The third-order valence-corrected chi connectivity index (χ3v) is 2.76. The lowest BCUT2D eigenvalue weighted by Gasteiger charge is -2.10. The van der Waals surface area contributed by atoms with Crippen molar-refractivity contribution in [2.75, 3.05) is 12.4 Å². The standard InChI is InChI=1S/C15H13FN2O/c1-10-7-13(4-5-14(10)18-2)19-15-6-3-12(16)8-11(15)9-17/h3-8,18H,1-2H3. The van der Waals surface area contributed by atoms with Gasteiger partial charge in [0.05, 0.1) is 5.56 Å². The summed E-state index contributed by atoms with van der Waals surface area (Å²) in [5.74, 6) is 0.505. The lowest BCUT2D eigenvalue weighted by molar-refractivity contribution is 0.478. The zero-order valence-electron chi connectivity index (χ0n) is 10.7. The van der Waals surface area contributed by atoms with Gasteiger partial charge in [0.1, 0.15) is 23.4 Å². The molecule has 0 bridgehead atoms. The van der Waals surface area contributed by atoms with Crippen LogP contribution in [0.25, 0.3) is 0 Å². The van der Waals surface area contributed by atoms with E-state index in [2.05, 4.69) is 5.32 Å². The molecule has 0 saturated carbocycles. The molecule has 4 heteroatoms. The van der Waals surface area contributed by atoms with Crippen molar-refractivity contribution in [3.63, 3.8) is 0 Å². The van der Waals surface area contributed by atoms with Crippen LogP contribution >= 0.6 is 0 Å². The number of nitrogens with zero attached hydrogens (tertiary/aromatic N) is 1. The quantitative estimate of drug-likeness (QED) is 0.907. The summed E-state index contributed by atoms with van der Waals surface area (Å²) >= 11 is 0. The van der Waals surface area contributed by atoms with Crippen molar-refractivity contribution in [2.45, 2.75) is 6.92 Å². The maximum absolute atomic E-state index is 13.0. The lowest BCUT2D eigenvalue weighted by atomic mass is 10.2. The van der Waals surface area contributed by atoms with E-state index in [-0.39, 0.29) is 5.56 Å². The predicted molar refractivity (Wildman–Crippen MR) is 71.9 cm³/mol. The summed E-state index contributed by atoms with van der Waals surface area (Å²) in [5, 5.41) is 12.0. The molecule has 0 radical (unpaired) electrons. The minimum Gasteiger partial charge on any atom is -0.456 e. The predicted octanol–water partition coefficient (Wildman–Crippen LogP) is 3.84. The molecule has 1 N–H and O–H groups in total.